The molecule has 0 saturated carbocycles. The zero-order valence-electron chi connectivity index (χ0n) is 9.07. The summed E-state index contributed by atoms with van der Waals surface area (Å²) in [6, 6.07) is 0.698. The summed E-state index contributed by atoms with van der Waals surface area (Å²) in [5.41, 5.74) is 1.16. The van der Waals surface area contributed by atoms with Gasteiger partial charge in [-0.3, -0.25) is 0 Å². The summed E-state index contributed by atoms with van der Waals surface area (Å²) in [5, 5.41) is 6.89. The van der Waals surface area contributed by atoms with Gasteiger partial charge in [0.05, 0.1) is 5.69 Å². The predicted molar refractivity (Wildman–Crippen MR) is 63.6 cm³/mol. The highest BCUT2D eigenvalue weighted by molar-refractivity contribution is 7.13. The molecule has 2 saturated heterocycles. The fourth-order valence-corrected chi connectivity index (χ4v) is 3.67. The molecule has 1 aromatic heterocycles. The van der Waals surface area contributed by atoms with Crippen molar-refractivity contribution in [3.8, 4) is 0 Å². The van der Waals surface area contributed by atoms with Crippen LogP contribution in [0.5, 0.6) is 0 Å². The molecule has 4 heteroatoms. The minimum absolute atomic E-state index is 0.698. The number of thiazole rings is 1. The van der Waals surface area contributed by atoms with Gasteiger partial charge < -0.3 is 10.2 Å². The maximum absolute atomic E-state index is 4.61. The highest BCUT2D eigenvalue weighted by Gasteiger charge is 2.35. The highest BCUT2D eigenvalue weighted by atomic mass is 32.1. The molecule has 15 heavy (non-hydrogen) atoms. The van der Waals surface area contributed by atoms with Crippen molar-refractivity contribution in [3.05, 3.63) is 11.1 Å². The van der Waals surface area contributed by atoms with Crippen LogP contribution in [0.3, 0.4) is 0 Å². The fraction of sp³-hybridized carbons (Fsp3) is 0.727. The van der Waals surface area contributed by atoms with Gasteiger partial charge in [0.25, 0.3) is 0 Å². The van der Waals surface area contributed by atoms with Crippen molar-refractivity contribution in [2.75, 3.05) is 24.5 Å². The van der Waals surface area contributed by atoms with Crippen molar-refractivity contribution in [1.29, 1.82) is 0 Å². The molecule has 2 aliphatic rings. The number of nitrogens with zero attached hydrogens (tertiary/aromatic N) is 2. The lowest BCUT2D eigenvalue weighted by atomic mass is 9.92. The SMILES string of the molecule is Cc1csc(N2CCCC3CNCC32)n1. The molecular formula is C11H17N3S. The molecule has 2 fully saturated rings. The van der Waals surface area contributed by atoms with E-state index in [1.165, 1.54) is 31.1 Å². The molecule has 2 aliphatic heterocycles. The van der Waals surface area contributed by atoms with Gasteiger partial charge in [0.1, 0.15) is 0 Å². The Morgan fingerprint density at radius 3 is 3.27 bits per heavy atom. The second-order valence-corrected chi connectivity index (χ2v) is 5.43. The van der Waals surface area contributed by atoms with Crippen molar-refractivity contribution >= 4 is 16.5 Å². The van der Waals surface area contributed by atoms with Crippen molar-refractivity contribution < 1.29 is 0 Å². The van der Waals surface area contributed by atoms with Crippen LogP contribution in [0.15, 0.2) is 5.38 Å². The number of anilines is 1. The Labute approximate surface area is 94.5 Å². The van der Waals surface area contributed by atoms with E-state index in [0.717, 1.165) is 18.2 Å². The molecule has 0 aliphatic carbocycles. The zero-order valence-corrected chi connectivity index (χ0v) is 9.89. The van der Waals surface area contributed by atoms with Crippen molar-refractivity contribution in [2.24, 2.45) is 5.92 Å². The summed E-state index contributed by atoms with van der Waals surface area (Å²) in [5.74, 6) is 0.850. The van der Waals surface area contributed by atoms with E-state index in [0.29, 0.717) is 6.04 Å². The molecule has 82 valence electrons. The molecule has 3 nitrogen and oxygen atoms in total. The van der Waals surface area contributed by atoms with Gasteiger partial charge >= 0.3 is 0 Å². The second-order valence-electron chi connectivity index (χ2n) is 4.59. The van der Waals surface area contributed by atoms with Gasteiger partial charge in [-0.2, -0.15) is 0 Å². The van der Waals surface area contributed by atoms with E-state index < -0.39 is 0 Å². The van der Waals surface area contributed by atoms with Crippen LogP contribution >= 0.6 is 11.3 Å². The normalized spacial score (nSPS) is 30.6. The summed E-state index contributed by atoms with van der Waals surface area (Å²) in [6.45, 7) is 5.61. The highest BCUT2D eigenvalue weighted by Crippen LogP contribution is 2.32. The molecule has 1 N–H and O–H groups in total. The van der Waals surface area contributed by atoms with E-state index in [1.807, 2.05) is 0 Å². The van der Waals surface area contributed by atoms with E-state index in [-0.39, 0.29) is 0 Å². The van der Waals surface area contributed by atoms with E-state index in [9.17, 15) is 0 Å². The van der Waals surface area contributed by atoms with Crippen molar-refractivity contribution in [2.45, 2.75) is 25.8 Å². The maximum Gasteiger partial charge on any atom is 0.185 e. The van der Waals surface area contributed by atoms with Crippen molar-refractivity contribution in [3.63, 3.8) is 0 Å². The molecule has 0 aromatic carbocycles. The third-order valence-electron chi connectivity index (χ3n) is 3.53. The lowest BCUT2D eigenvalue weighted by Gasteiger charge is -2.36. The van der Waals surface area contributed by atoms with Crippen molar-refractivity contribution in [1.82, 2.24) is 10.3 Å². The number of aromatic nitrogens is 1. The quantitative estimate of drug-likeness (QED) is 0.784. The molecule has 0 bridgehead atoms. The molecule has 0 radical (unpaired) electrons. The van der Waals surface area contributed by atoms with Gasteiger partial charge in [-0.1, -0.05) is 0 Å². The molecule has 0 spiro atoms. The van der Waals surface area contributed by atoms with Gasteiger partial charge in [-0.25, -0.2) is 4.98 Å². The largest absolute Gasteiger partial charge is 0.343 e. The molecule has 3 rings (SSSR count). The minimum Gasteiger partial charge on any atom is -0.343 e. The van der Waals surface area contributed by atoms with Crippen LogP contribution in [-0.2, 0) is 0 Å². The number of rotatable bonds is 1. The maximum atomic E-state index is 4.61. The number of nitrogens with one attached hydrogen (secondary N) is 1. The van der Waals surface area contributed by atoms with Gasteiger partial charge in [-0.15, -0.1) is 11.3 Å². The number of hydrogen-bond donors (Lipinski definition) is 1. The Morgan fingerprint density at radius 2 is 2.47 bits per heavy atom. The van der Waals surface area contributed by atoms with Gasteiger partial charge in [0.2, 0.25) is 0 Å². The first-order valence-corrected chi connectivity index (χ1v) is 6.62. The van der Waals surface area contributed by atoms with Crippen LogP contribution < -0.4 is 10.2 Å². The summed E-state index contributed by atoms with van der Waals surface area (Å²) < 4.78 is 0. The Balaban J connectivity index is 1.85. The van der Waals surface area contributed by atoms with Crippen LogP contribution in [-0.4, -0.2) is 30.7 Å². The lowest BCUT2D eigenvalue weighted by Crippen LogP contribution is -2.45. The smallest absolute Gasteiger partial charge is 0.185 e. The third kappa shape index (κ3) is 1.66. The molecule has 1 aromatic rings. The summed E-state index contributed by atoms with van der Waals surface area (Å²) in [4.78, 5) is 7.13. The van der Waals surface area contributed by atoms with E-state index >= 15 is 0 Å². The second kappa shape index (κ2) is 3.76. The number of fused-ring (bicyclic) bond motifs is 1. The summed E-state index contributed by atoms with van der Waals surface area (Å²) in [7, 11) is 0. The molecule has 2 unspecified atom stereocenters. The third-order valence-corrected chi connectivity index (χ3v) is 4.53. The molecule has 2 atom stereocenters. The zero-order chi connectivity index (χ0) is 10.3. The van der Waals surface area contributed by atoms with Crippen LogP contribution in [0.4, 0.5) is 5.13 Å². The van der Waals surface area contributed by atoms with Gasteiger partial charge in [-0.05, 0) is 25.7 Å². The Kier molecular flexibility index (Phi) is 2.41. The van der Waals surface area contributed by atoms with Crippen LogP contribution in [0.1, 0.15) is 18.5 Å². The topological polar surface area (TPSA) is 28.2 Å². The van der Waals surface area contributed by atoms with E-state index in [4.69, 9.17) is 0 Å². The van der Waals surface area contributed by atoms with E-state index in [2.05, 4.69) is 27.5 Å². The standard InChI is InChI=1S/C11H17N3S/c1-8-7-15-11(13-8)14-4-2-3-9-5-12-6-10(9)14/h7,9-10,12H,2-6H2,1H3. The Hall–Kier alpha value is -0.610. The monoisotopic (exact) mass is 223 g/mol. The van der Waals surface area contributed by atoms with Gasteiger partial charge in [0.15, 0.2) is 5.13 Å². The Bertz CT molecular complexity index is 349. The first-order valence-electron chi connectivity index (χ1n) is 5.74. The minimum atomic E-state index is 0.698. The Morgan fingerprint density at radius 1 is 1.53 bits per heavy atom. The number of aryl methyl sites for hydroxylation is 1. The van der Waals surface area contributed by atoms with Crippen LogP contribution in [0, 0.1) is 12.8 Å². The number of piperidine rings is 1. The predicted octanol–water partition coefficient (Wildman–Crippen LogP) is 1.64. The molecule has 0 amide bonds. The summed E-state index contributed by atoms with van der Waals surface area (Å²) in [6.07, 6.45) is 2.71. The van der Waals surface area contributed by atoms with Gasteiger partial charge in [0, 0.05) is 31.1 Å². The first-order chi connectivity index (χ1) is 7.34. The summed E-state index contributed by atoms with van der Waals surface area (Å²) >= 11 is 1.79. The average molecular weight is 223 g/mol. The van der Waals surface area contributed by atoms with Crippen LogP contribution in [0.25, 0.3) is 0 Å². The lowest BCUT2D eigenvalue weighted by molar-refractivity contribution is 0.385. The molecular weight excluding hydrogens is 206 g/mol. The first kappa shape index (κ1) is 9.60. The fourth-order valence-electron chi connectivity index (χ4n) is 2.78. The average Bonchev–Trinajstić information content (AvgIpc) is 2.84. The number of hydrogen-bond acceptors (Lipinski definition) is 4. The molecule has 3 heterocycles. The van der Waals surface area contributed by atoms with Crippen LogP contribution in [0.2, 0.25) is 0 Å². The van der Waals surface area contributed by atoms with E-state index in [1.54, 1.807) is 11.3 Å².